The fourth-order valence-corrected chi connectivity index (χ4v) is 8.60. The van der Waals surface area contributed by atoms with Crippen molar-refractivity contribution in [1.82, 2.24) is 10.2 Å². The maximum Gasteiger partial charge on any atom is 0.226 e. The zero-order chi connectivity index (χ0) is 19.7. The first-order valence-electron chi connectivity index (χ1n) is 11.7. The van der Waals surface area contributed by atoms with Gasteiger partial charge in [0.2, 0.25) is 5.91 Å². The number of hydrogen-bond acceptors (Lipinski definition) is 2. The van der Waals surface area contributed by atoms with Crippen LogP contribution in [-0.4, -0.2) is 43.2 Å². The molecular weight excluding hydrogens is 363 g/mol. The molecule has 156 valence electrons. The smallest absolute Gasteiger partial charge is 0.226 e. The summed E-state index contributed by atoms with van der Waals surface area (Å²) in [6.45, 7) is 3.11. The summed E-state index contributed by atoms with van der Waals surface area (Å²) >= 11 is 0. The Morgan fingerprint density at radius 3 is 2.55 bits per heavy atom. The summed E-state index contributed by atoms with van der Waals surface area (Å²) in [7, 11) is 0. The summed E-state index contributed by atoms with van der Waals surface area (Å²) in [5.41, 5.74) is 0.663. The highest BCUT2D eigenvalue weighted by Crippen LogP contribution is 2.70. The molecule has 5 atom stereocenters. The molecule has 0 radical (unpaired) electrons. The number of nitrogens with one attached hydrogen (secondary N) is 1. The highest BCUT2D eigenvalue weighted by molar-refractivity contribution is 5.84. The van der Waals surface area contributed by atoms with Gasteiger partial charge in [-0.3, -0.25) is 9.18 Å². The molecule has 2 unspecified atom stereocenters. The van der Waals surface area contributed by atoms with Crippen molar-refractivity contribution in [1.29, 1.82) is 0 Å². The van der Waals surface area contributed by atoms with Crippen LogP contribution in [0.5, 0.6) is 0 Å². The molecule has 4 saturated carbocycles. The average Bonchev–Trinajstić information content (AvgIpc) is 2.74. The molecule has 1 N–H and O–H groups in total. The Hall–Kier alpha value is -1.42. The number of amides is 1. The van der Waals surface area contributed by atoms with Crippen molar-refractivity contribution in [3.05, 3.63) is 35.9 Å². The fourth-order valence-electron chi connectivity index (χ4n) is 8.60. The lowest BCUT2D eigenvalue weighted by Gasteiger charge is -2.65. The number of piperidine rings is 3. The largest absolute Gasteiger partial charge is 0.351 e. The predicted octanol–water partition coefficient (Wildman–Crippen LogP) is 4.07. The zero-order valence-corrected chi connectivity index (χ0v) is 17.3. The molecule has 29 heavy (non-hydrogen) atoms. The molecule has 0 spiro atoms. The zero-order valence-electron chi connectivity index (χ0n) is 17.3. The van der Waals surface area contributed by atoms with E-state index in [1.807, 2.05) is 0 Å². The minimum absolute atomic E-state index is 0.0147. The first-order chi connectivity index (χ1) is 14.0. The minimum atomic E-state index is -0.368. The van der Waals surface area contributed by atoms with Crippen LogP contribution in [-0.2, 0) is 10.2 Å². The first kappa shape index (κ1) is 18.4. The molecule has 4 aliphatic carbocycles. The maximum absolute atomic E-state index is 14.5. The SMILES string of the molecule is O=C(N[C@H]1CN2CCC1CC2)C12CC3C[C@@](CF)(C1)C[C@](c1ccccc1)(C3)C2. The Labute approximate surface area is 173 Å². The average molecular weight is 397 g/mol. The lowest BCUT2D eigenvalue weighted by atomic mass is 9.38. The summed E-state index contributed by atoms with van der Waals surface area (Å²) in [6.07, 6.45) is 8.10. The third-order valence-electron chi connectivity index (χ3n) is 9.31. The standard InChI is InChI=1S/C25H33FN2O/c26-17-23-10-18-11-24(14-23,20-4-2-1-3-5-20)16-25(12-18,15-23)22(29)27-21-13-28-8-6-19(21)7-9-28/h1-5,18-19,21H,6-17H2,(H,27,29)/t18?,21-,23-,24+,25?/m0/s1. The number of fused-ring (bicyclic) bond motifs is 3. The topological polar surface area (TPSA) is 32.3 Å². The highest BCUT2D eigenvalue weighted by Gasteiger charge is 2.66. The molecule has 3 saturated heterocycles. The number of carbonyl (C=O) groups is 1. The number of nitrogens with zero attached hydrogens (tertiary/aromatic N) is 1. The van der Waals surface area contributed by atoms with Gasteiger partial charge in [-0.1, -0.05) is 30.3 Å². The molecule has 1 aromatic carbocycles. The molecule has 1 aromatic rings. The number of hydrogen-bond donors (Lipinski definition) is 1. The first-order valence-corrected chi connectivity index (χ1v) is 11.7. The van der Waals surface area contributed by atoms with E-state index < -0.39 is 0 Å². The summed E-state index contributed by atoms with van der Waals surface area (Å²) in [4.78, 5) is 16.3. The summed E-state index contributed by atoms with van der Waals surface area (Å²) < 4.78 is 14.5. The maximum atomic E-state index is 14.5. The van der Waals surface area contributed by atoms with Gasteiger partial charge in [-0.05, 0) is 87.3 Å². The van der Waals surface area contributed by atoms with Crippen LogP contribution in [0.15, 0.2) is 30.3 Å². The van der Waals surface area contributed by atoms with Gasteiger partial charge in [0, 0.05) is 18.0 Å². The van der Waals surface area contributed by atoms with Crippen molar-refractivity contribution in [3.63, 3.8) is 0 Å². The van der Waals surface area contributed by atoms with Crippen LogP contribution in [0.4, 0.5) is 4.39 Å². The van der Waals surface area contributed by atoms with Gasteiger partial charge in [-0.25, -0.2) is 0 Å². The van der Waals surface area contributed by atoms with Crippen molar-refractivity contribution in [2.45, 2.75) is 62.8 Å². The van der Waals surface area contributed by atoms with Gasteiger partial charge in [0.05, 0.1) is 12.1 Å². The third kappa shape index (κ3) is 2.74. The van der Waals surface area contributed by atoms with Gasteiger partial charge in [-0.15, -0.1) is 0 Å². The van der Waals surface area contributed by atoms with E-state index in [-0.39, 0.29) is 28.8 Å². The van der Waals surface area contributed by atoms with E-state index in [0.717, 1.165) is 45.1 Å². The summed E-state index contributed by atoms with van der Waals surface area (Å²) in [5.74, 6) is 1.37. The molecule has 7 aliphatic rings. The van der Waals surface area contributed by atoms with Crippen molar-refractivity contribution in [2.24, 2.45) is 22.7 Å². The van der Waals surface area contributed by atoms with Crippen LogP contribution in [0.1, 0.15) is 56.9 Å². The molecule has 3 aliphatic heterocycles. The Bertz CT molecular complexity index is 806. The van der Waals surface area contributed by atoms with E-state index in [1.54, 1.807) is 0 Å². The van der Waals surface area contributed by atoms with Crippen molar-refractivity contribution in [2.75, 3.05) is 26.3 Å². The van der Waals surface area contributed by atoms with Gasteiger partial charge < -0.3 is 10.2 Å². The summed E-state index contributed by atoms with van der Waals surface area (Å²) in [5, 5.41) is 3.51. The third-order valence-corrected chi connectivity index (χ3v) is 9.31. The lowest BCUT2D eigenvalue weighted by Crippen LogP contribution is -2.65. The fraction of sp³-hybridized carbons (Fsp3) is 0.720. The van der Waals surface area contributed by atoms with Gasteiger partial charge in [0.15, 0.2) is 0 Å². The monoisotopic (exact) mass is 396 g/mol. The van der Waals surface area contributed by atoms with Crippen LogP contribution in [0.2, 0.25) is 0 Å². The normalized spacial score (nSPS) is 47.3. The van der Waals surface area contributed by atoms with Crippen LogP contribution < -0.4 is 5.32 Å². The second-order valence-electron chi connectivity index (χ2n) is 11.3. The quantitative estimate of drug-likeness (QED) is 0.832. The van der Waals surface area contributed by atoms with E-state index in [9.17, 15) is 9.18 Å². The Balaban J connectivity index is 1.33. The number of alkyl halides is 1. The molecule has 6 bridgehead atoms. The van der Waals surface area contributed by atoms with Gasteiger partial charge >= 0.3 is 0 Å². The molecule has 1 amide bonds. The van der Waals surface area contributed by atoms with E-state index >= 15 is 0 Å². The van der Waals surface area contributed by atoms with Gasteiger partial charge in [-0.2, -0.15) is 0 Å². The van der Waals surface area contributed by atoms with Crippen molar-refractivity contribution < 1.29 is 9.18 Å². The predicted molar refractivity (Wildman–Crippen MR) is 111 cm³/mol. The molecule has 3 heterocycles. The second kappa shape index (κ2) is 6.29. The van der Waals surface area contributed by atoms with E-state index in [1.165, 1.54) is 31.5 Å². The summed E-state index contributed by atoms with van der Waals surface area (Å²) in [6, 6.07) is 11.0. The van der Waals surface area contributed by atoms with E-state index in [0.29, 0.717) is 17.9 Å². The molecule has 4 heteroatoms. The molecule has 0 aromatic heterocycles. The number of carbonyl (C=O) groups excluding carboxylic acids is 1. The van der Waals surface area contributed by atoms with E-state index in [4.69, 9.17) is 0 Å². The number of halogens is 1. The lowest BCUT2D eigenvalue weighted by molar-refractivity contribution is -0.166. The van der Waals surface area contributed by atoms with Gasteiger partial charge in [0.25, 0.3) is 0 Å². The second-order valence-corrected chi connectivity index (χ2v) is 11.3. The molecule has 7 fully saturated rings. The molecule has 8 rings (SSSR count). The van der Waals surface area contributed by atoms with Crippen LogP contribution in [0.25, 0.3) is 0 Å². The van der Waals surface area contributed by atoms with Crippen molar-refractivity contribution >= 4 is 5.91 Å². The van der Waals surface area contributed by atoms with Crippen molar-refractivity contribution in [3.8, 4) is 0 Å². The van der Waals surface area contributed by atoms with Crippen LogP contribution >= 0.6 is 0 Å². The highest BCUT2D eigenvalue weighted by atomic mass is 19.1. The van der Waals surface area contributed by atoms with E-state index in [2.05, 4.69) is 40.5 Å². The number of benzene rings is 1. The minimum Gasteiger partial charge on any atom is -0.351 e. The molecule has 3 nitrogen and oxygen atoms in total. The Morgan fingerprint density at radius 2 is 1.86 bits per heavy atom. The molecular formula is C25H33FN2O. The number of rotatable bonds is 4. The Morgan fingerprint density at radius 1 is 1.07 bits per heavy atom. The van der Waals surface area contributed by atoms with Crippen LogP contribution in [0, 0.1) is 22.7 Å². The van der Waals surface area contributed by atoms with Gasteiger partial charge in [0.1, 0.15) is 0 Å². The van der Waals surface area contributed by atoms with Crippen LogP contribution in [0.3, 0.4) is 0 Å². The Kier molecular flexibility index (Phi) is 3.98.